The zero-order valence-electron chi connectivity index (χ0n) is 12.2. The molecule has 0 unspecified atom stereocenters. The molecule has 0 bridgehead atoms. The van der Waals surface area contributed by atoms with Gasteiger partial charge < -0.3 is 20.2 Å². The Morgan fingerprint density at radius 3 is 2.71 bits per heavy atom. The third-order valence-corrected chi connectivity index (χ3v) is 3.45. The van der Waals surface area contributed by atoms with E-state index in [2.05, 4.69) is 27.3 Å². The Morgan fingerprint density at radius 2 is 2.10 bits per heavy atom. The van der Waals surface area contributed by atoms with E-state index < -0.39 is 0 Å². The van der Waals surface area contributed by atoms with Crippen molar-refractivity contribution in [1.29, 1.82) is 0 Å². The molecule has 2 heterocycles. The highest BCUT2D eigenvalue weighted by atomic mass is 16.3. The van der Waals surface area contributed by atoms with Gasteiger partial charge in [-0.1, -0.05) is 0 Å². The van der Waals surface area contributed by atoms with E-state index in [1.807, 2.05) is 0 Å². The minimum atomic E-state index is -0.342. The largest absolute Gasteiger partial charge is 0.395 e. The summed E-state index contributed by atoms with van der Waals surface area (Å²) in [6, 6.07) is 1.51. The number of aliphatic hydroxyl groups is 1. The second-order valence-corrected chi connectivity index (χ2v) is 5.07. The minimum absolute atomic E-state index is 0.129. The highest BCUT2D eigenvalue weighted by molar-refractivity contribution is 5.75. The quantitative estimate of drug-likeness (QED) is 0.660. The standard InChI is InChI=1S/C13H21N5O3/c1-16-3-5-17(6-4-16)11-8-13(21)18(15-9-11)10-12(20)14-2-7-19/h8-9,19H,2-7,10H2,1H3,(H,14,20). The highest BCUT2D eigenvalue weighted by Gasteiger charge is 2.15. The maximum absolute atomic E-state index is 12.0. The van der Waals surface area contributed by atoms with Crippen LogP contribution in [0.25, 0.3) is 0 Å². The van der Waals surface area contributed by atoms with Crippen molar-refractivity contribution in [2.45, 2.75) is 6.54 Å². The van der Waals surface area contributed by atoms with Gasteiger partial charge >= 0.3 is 0 Å². The fourth-order valence-electron chi connectivity index (χ4n) is 2.17. The first-order valence-electron chi connectivity index (χ1n) is 6.98. The molecule has 0 atom stereocenters. The number of hydrogen-bond acceptors (Lipinski definition) is 6. The van der Waals surface area contributed by atoms with E-state index in [9.17, 15) is 9.59 Å². The minimum Gasteiger partial charge on any atom is -0.395 e. The van der Waals surface area contributed by atoms with Crippen LogP contribution in [0.3, 0.4) is 0 Å². The lowest BCUT2D eigenvalue weighted by atomic mass is 10.3. The summed E-state index contributed by atoms with van der Waals surface area (Å²) in [6.45, 7) is 3.53. The second-order valence-electron chi connectivity index (χ2n) is 5.07. The molecule has 2 N–H and O–H groups in total. The molecule has 0 saturated carbocycles. The number of likely N-dealkylation sites (N-methyl/N-ethyl adjacent to an activating group) is 1. The third-order valence-electron chi connectivity index (χ3n) is 3.45. The Hall–Kier alpha value is -1.93. The van der Waals surface area contributed by atoms with Crippen molar-refractivity contribution in [2.24, 2.45) is 0 Å². The number of amides is 1. The molecule has 0 radical (unpaired) electrons. The summed E-state index contributed by atoms with van der Waals surface area (Å²) >= 11 is 0. The van der Waals surface area contributed by atoms with E-state index in [1.165, 1.54) is 6.07 Å². The summed E-state index contributed by atoms with van der Waals surface area (Å²) in [5.41, 5.74) is 0.491. The van der Waals surface area contributed by atoms with Crippen LogP contribution in [0.1, 0.15) is 0 Å². The summed E-state index contributed by atoms with van der Waals surface area (Å²) < 4.78 is 1.12. The summed E-state index contributed by atoms with van der Waals surface area (Å²) in [5.74, 6) is -0.342. The van der Waals surface area contributed by atoms with Crippen LogP contribution in [0.5, 0.6) is 0 Å². The van der Waals surface area contributed by atoms with Crippen LogP contribution in [0.15, 0.2) is 17.1 Å². The van der Waals surface area contributed by atoms with Gasteiger partial charge in [0.2, 0.25) is 5.91 Å². The number of hydrogen-bond donors (Lipinski definition) is 2. The number of piperazine rings is 1. The van der Waals surface area contributed by atoms with Crippen LogP contribution in [0.4, 0.5) is 5.69 Å². The lowest BCUT2D eigenvalue weighted by molar-refractivity contribution is -0.122. The van der Waals surface area contributed by atoms with Crippen LogP contribution >= 0.6 is 0 Å². The monoisotopic (exact) mass is 295 g/mol. The topological polar surface area (TPSA) is 90.7 Å². The second kappa shape index (κ2) is 7.19. The first-order valence-corrected chi connectivity index (χ1v) is 6.98. The van der Waals surface area contributed by atoms with Gasteiger partial charge in [0, 0.05) is 38.8 Å². The van der Waals surface area contributed by atoms with Crippen molar-refractivity contribution in [3.05, 3.63) is 22.6 Å². The summed E-state index contributed by atoms with van der Waals surface area (Å²) in [6.07, 6.45) is 1.62. The van der Waals surface area contributed by atoms with E-state index >= 15 is 0 Å². The van der Waals surface area contributed by atoms with E-state index in [0.717, 1.165) is 36.5 Å². The van der Waals surface area contributed by atoms with E-state index in [0.29, 0.717) is 0 Å². The molecule has 1 amide bonds. The zero-order chi connectivity index (χ0) is 15.2. The van der Waals surface area contributed by atoms with Gasteiger partial charge in [0.15, 0.2) is 0 Å². The number of nitrogens with one attached hydrogen (secondary N) is 1. The van der Waals surface area contributed by atoms with Crippen LogP contribution in [0.2, 0.25) is 0 Å². The molecule has 0 aliphatic carbocycles. The molecule has 1 saturated heterocycles. The Labute approximate surface area is 123 Å². The molecular weight excluding hydrogens is 274 g/mol. The molecule has 1 aliphatic heterocycles. The van der Waals surface area contributed by atoms with Crippen molar-refractivity contribution in [1.82, 2.24) is 20.0 Å². The molecule has 2 rings (SSSR count). The Balaban J connectivity index is 2.00. The molecular formula is C13H21N5O3. The molecule has 0 aromatic carbocycles. The van der Waals surface area contributed by atoms with Crippen molar-refractivity contribution in [3.63, 3.8) is 0 Å². The number of rotatable bonds is 5. The highest BCUT2D eigenvalue weighted by Crippen LogP contribution is 2.11. The molecule has 8 heteroatoms. The maximum atomic E-state index is 12.0. The van der Waals surface area contributed by atoms with E-state index in [-0.39, 0.29) is 31.2 Å². The first-order chi connectivity index (χ1) is 10.1. The Morgan fingerprint density at radius 1 is 1.38 bits per heavy atom. The van der Waals surface area contributed by atoms with Gasteiger partial charge in [0.25, 0.3) is 5.56 Å². The summed E-state index contributed by atoms with van der Waals surface area (Å²) in [4.78, 5) is 27.8. The fourth-order valence-corrected chi connectivity index (χ4v) is 2.17. The molecule has 8 nitrogen and oxygen atoms in total. The van der Waals surface area contributed by atoms with Crippen LogP contribution in [-0.2, 0) is 11.3 Å². The number of carbonyl (C=O) groups is 1. The number of anilines is 1. The number of nitrogens with zero attached hydrogens (tertiary/aromatic N) is 4. The average molecular weight is 295 g/mol. The Bertz CT molecular complexity index is 537. The lowest BCUT2D eigenvalue weighted by Crippen LogP contribution is -2.45. The molecule has 1 aromatic rings. The number of carbonyl (C=O) groups excluding carboxylic acids is 1. The van der Waals surface area contributed by atoms with Gasteiger partial charge in [-0.2, -0.15) is 5.10 Å². The normalized spacial score (nSPS) is 16.0. The predicted molar refractivity (Wildman–Crippen MR) is 78.3 cm³/mol. The van der Waals surface area contributed by atoms with Gasteiger partial charge in [-0.05, 0) is 7.05 Å². The van der Waals surface area contributed by atoms with Crippen molar-refractivity contribution < 1.29 is 9.90 Å². The van der Waals surface area contributed by atoms with Crippen molar-refractivity contribution in [2.75, 3.05) is 51.3 Å². The van der Waals surface area contributed by atoms with Gasteiger partial charge in [0.05, 0.1) is 18.5 Å². The van der Waals surface area contributed by atoms with Gasteiger partial charge in [0.1, 0.15) is 6.54 Å². The molecule has 116 valence electrons. The fraction of sp³-hybridized carbons (Fsp3) is 0.615. The van der Waals surface area contributed by atoms with Crippen LogP contribution in [0, 0.1) is 0 Å². The van der Waals surface area contributed by atoms with Crippen LogP contribution in [-0.4, -0.2) is 72.1 Å². The van der Waals surface area contributed by atoms with Gasteiger partial charge in [-0.15, -0.1) is 0 Å². The van der Waals surface area contributed by atoms with Crippen molar-refractivity contribution in [3.8, 4) is 0 Å². The molecule has 1 aliphatic rings. The third kappa shape index (κ3) is 4.27. The van der Waals surface area contributed by atoms with Crippen LogP contribution < -0.4 is 15.8 Å². The van der Waals surface area contributed by atoms with Gasteiger partial charge in [-0.3, -0.25) is 9.59 Å². The molecule has 1 aromatic heterocycles. The molecule has 0 spiro atoms. The first kappa shape index (κ1) is 15.5. The van der Waals surface area contributed by atoms with Gasteiger partial charge in [-0.25, -0.2) is 4.68 Å². The molecule has 1 fully saturated rings. The smallest absolute Gasteiger partial charge is 0.269 e. The number of aliphatic hydroxyl groups excluding tert-OH is 1. The number of aromatic nitrogens is 2. The molecule has 21 heavy (non-hydrogen) atoms. The summed E-state index contributed by atoms with van der Waals surface area (Å²) in [5, 5.41) is 15.2. The SMILES string of the molecule is CN1CCN(c2cnn(CC(=O)NCCO)c(=O)c2)CC1. The lowest BCUT2D eigenvalue weighted by Gasteiger charge is -2.33. The van der Waals surface area contributed by atoms with E-state index in [4.69, 9.17) is 5.11 Å². The summed E-state index contributed by atoms with van der Waals surface area (Å²) in [7, 11) is 2.07. The maximum Gasteiger partial charge on any atom is 0.269 e. The average Bonchev–Trinajstić information content (AvgIpc) is 2.48. The predicted octanol–water partition coefficient (Wildman–Crippen LogP) is -1.90. The zero-order valence-corrected chi connectivity index (χ0v) is 12.2. The Kier molecular flexibility index (Phi) is 5.29. The van der Waals surface area contributed by atoms with Crippen molar-refractivity contribution >= 4 is 11.6 Å². The van der Waals surface area contributed by atoms with E-state index in [1.54, 1.807) is 6.20 Å².